The van der Waals surface area contributed by atoms with E-state index in [4.69, 9.17) is 10.2 Å². The average Bonchev–Trinajstić information content (AvgIpc) is 2.82. The fraction of sp³-hybridized carbons (Fsp3) is 0.636. The SMILES string of the molecule is NC1(CO)c2cocc2CCC12CC2. The van der Waals surface area contributed by atoms with Gasteiger partial charge >= 0.3 is 0 Å². The van der Waals surface area contributed by atoms with Crippen LogP contribution in [0, 0.1) is 5.41 Å². The van der Waals surface area contributed by atoms with Crippen molar-refractivity contribution in [1.82, 2.24) is 0 Å². The first-order valence-corrected chi connectivity index (χ1v) is 5.17. The fourth-order valence-electron chi connectivity index (χ4n) is 2.89. The van der Waals surface area contributed by atoms with Gasteiger partial charge in [-0.05, 0) is 36.7 Å². The summed E-state index contributed by atoms with van der Waals surface area (Å²) in [4.78, 5) is 0. The van der Waals surface area contributed by atoms with E-state index in [9.17, 15) is 5.11 Å². The first-order valence-electron chi connectivity index (χ1n) is 5.17. The van der Waals surface area contributed by atoms with Crippen molar-refractivity contribution in [3.05, 3.63) is 23.7 Å². The van der Waals surface area contributed by atoms with E-state index in [1.165, 1.54) is 5.56 Å². The Morgan fingerprint density at radius 3 is 2.79 bits per heavy atom. The van der Waals surface area contributed by atoms with Crippen LogP contribution in [0.15, 0.2) is 16.9 Å². The second-order valence-corrected chi connectivity index (χ2v) is 4.72. The summed E-state index contributed by atoms with van der Waals surface area (Å²) >= 11 is 0. The summed E-state index contributed by atoms with van der Waals surface area (Å²) in [7, 11) is 0. The molecular formula is C11H15NO2. The molecule has 1 spiro atoms. The monoisotopic (exact) mass is 193 g/mol. The van der Waals surface area contributed by atoms with Crippen LogP contribution in [-0.4, -0.2) is 11.7 Å². The van der Waals surface area contributed by atoms with E-state index < -0.39 is 5.54 Å². The molecule has 3 nitrogen and oxygen atoms in total. The summed E-state index contributed by atoms with van der Waals surface area (Å²) < 4.78 is 5.19. The normalized spacial score (nSPS) is 33.0. The number of hydrogen-bond donors (Lipinski definition) is 2. The largest absolute Gasteiger partial charge is 0.472 e. The van der Waals surface area contributed by atoms with Gasteiger partial charge in [0.1, 0.15) is 0 Å². The van der Waals surface area contributed by atoms with Crippen LogP contribution in [0.5, 0.6) is 0 Å². The maximum absolute atomic E-state index is 9.52. The molecular weight excluding hydrogens is 178 g/mol. The first kappa shape index (κ1) is 8.50. The van der Waals surface area contributed by atoms with Gasteiger partial charge in [0.05, 0.1) is 24.7 Å². The van der Waals surface area contributed by atoms with Crippen molar-refractivity contribution in [2.24, 2.45) is 11.1 Å². The van der Waals surface area contributed by atoms with Crippen molar-refractivity contribution < 1.29 is 9.52 Å². The summed E-state index contributed by atoms with van der Waals surface area (Å²) in [5.74, 6) is 0. The third-order valence-corrected chi connectivity index (χ3v) is 4.14. The Balaban J connectivity index is 2.15. The molecule has 0 aliphatic heterocycles. The van der Waals surface area contributed by atoms with Gasteiger partial charge < -0.3 is 15.3 Å². The highest BCUT2D eigenvalue weighted by Crippen LogP contribution is 2.62. The van der Waals surface area contributed by atoms with Crippen molar-refractivity contribution >= 4 is 0 Å². The first-order chi connectivity index (χ1) is 6.72. The van der Waals surface area contributed by atoms with Gasteiger partial charge in [0.15, 0.2) is 0 Å². The Morgan fingerprint density at radius 2 is 2.14 bits per heavy atom. The van der Waals surface area contributed by atoms with Gasteiger partial charge in [0, 0.05) is 5.56 Å². The Bertz CT molecular complexity index is 367. The van der Waals surface area contributed by atoms with Gasteiger partial charge in [0.2, 0.25) is 0 Å². The lowest BCUT2D eigenvalue weighted by Crippen LogP contribution is -2.51. The van der Waals surface area contributed by atoms with Crippen molar-refractivity contribution in [1.29, 1.82) is 0 Å². The molecule has 2 aliphatic rings. The van der Waals surface area contributed by atoms with Crippen LogP contribution in [0.2, 0.25) is 0 Å². The molecule has 3 rings (SSSR count). The molecule has 76 valence electrons. The van der Waals surface area contributed by atoms with Crippen LogP contribution in [0.25, 0.3) is 0 Å². The van der Waals surface area contributed by atoms with Crippen LogP contribution in [0.4, 0.5) is 0 Å². The number of hydrogen-bond acceptors (Lipinski definition) is 3. The van der Waals surface area contributed by atoms with Crippen LogP contribution in [0.3, 0.4) is 0 Å². The number of aryl methyl sites for hydroxylation is 1. The van der Waals surface area contributed by atoms with Crippen molar-refractivity contribution in [3.63, 3.8) is 0 Å². The average molecular weight is 193 g/mol. The molecule has 0 amide bonds. The van der Waals surface area contributed by atoms with E-state index >= 15 is 0 Å². The zero-order chi connectivity index (χ0) is 9.81. The van der Waals surface area contributed by atoms with Gasteiger partial charge in [-0.15, -0.1) is 0 Å². The lowest BCUT2D eigenvalue weighted by atomic mass is 9.69. The van der Waals surface area contributed by atoms with E-state index in [1.54, 1.807) is 12.5 Å². The van der Waals surface area contributed by atoms with Gasteiger partial charge in [-0.1, -0.05) is 0 Å². The highest BCUT2D eigenvalue weighted by atomic mass is 16.3. The summed E-state index contributed by atoms with van der Waals surface area (Å²) in [6.45, 7) is 0.0273. The minimum atomic E-state index is -0.548. The summed E-state index contributed by atoms with van der Waals surface area (Å²) in [6, 6.07) is 0. The predicted molar refractivity (Wildman–Crippen MR) is 51.6 cm³/mol. The Hall–Kier alpha value is -0.800. The van der Waals surface area contributed by atoms with Crippen LogP contribution < -0.4 is 5.73 Å². The molecule has 3 heteroatoms. The molecule has 0 bridgehead atoms. The third kappa shape index (κ3) is 0.799. The number of aliphatic hydroxyl groups is 1. The van der Waals surface area contributed by atoms with Crippen LogP contribution in [-0.2, 0) is 12.0 Å². The van der Waals surface area contributed by atoms with Gasteiger partial charge in [-0.3, -0.25) is 0 Å². The van der Waals surface area contributed by atoms with Crippen molar-refractivity contribution in [2.45, 2.75) is 31.2 Å². The van der Waals surface area contributed by atoms with Crippen LogP contribution >= 0.6 is 0 Å². The number of nitrogens with two attached hydrogens (primary N) is 1. The predicted octanol–water partition coefficient (Wildman–Crippen LogP) is 1.15. The highest BCUT2D eigenvalue weighted by Gasteiger charge is 2.60. The molecule has 0 aromatic carbocycles. The topological polar surface area (TPSA) is 59.4 Å². The zero-order valence-corrected chi connectivity index (χ0v) is 8.12. The maximum Gasteiger partial charge on any atom is 0.0957 e. The van der Waals surface area contributed by atoms with E-state index in [-0.39, 0.29) is 12.0 Å². The molecule has 14 heavy (non-hydrogen) atoms. The van der Waals surface area contributed by atoms with E-state index in [0.717, 1.165) is 31.2 Å². The van der Waals surface area contributed by atoms with E-state index in [0.29, 0.717) is 0 Å². The van der Waals surface area contributed by atoms with E-state index in [2.05, 4.69) is 0 Å². The molecule has 1 aromatic rings. The summed E-state index contributed by atoms with van der Waals surface area (Å²) in [5, 5.41) is 9.52. The second kappa shape index (κ2) is 2.41. The van der Waals surface area contributed by atoms with E-state index in [1.807, 2.05) is 0 Å². The molecule has 2 aliphatic carbocycles. The van der Waals surface area contributed by atoms with Crippen LogP contribution in [0.1, 0.15) is 30.4 Å². The molecule has 1 unspecified atom stereocenters. The van der Waals surface area contributed by atoms with Gasteiger partial charge in [-0.25, -0.2) is 0 Å². The molecule has 0 radical (unpaired) electrons. The Labute approximate surface area is 82.9 Å². The highest BCUT2D eigenvalue weighted by molar-refractivity contribution is 5.38. The fourth-order valence-corrected chi connectivity index (χ4v) is 2.89. The smallest absolute Gasteiger partial charge is 0.0957 e. The number of rotatable bonds is 1. The number of aliphatic hydroxyl groups excluding tert-OH is 1. The van der Waals surface area contributed by atoms with Crippen molar-refractivity contribution in [2.75, 3.05) is 6.61 Å². The maximum atomic E-state index is 9.52. The lowest BCUT2D eigenvalue weighted by Gasteiger charge is -2.40. The molecule has 1 heterocycles. The lowest BCUT2D eigenvalue weighted by molar-refractivity contribution is 0.109. The number of fused-ring (bicyclic) bond motifs is 1. The Morgan fingerprint density at radius 1 is 1.36 bits per heavy atom. The molecule has 0 saturated heterocycles. The standard InChI is InChI=1S/C11H15NO2/c12-11(7-13)9-6-14-5-8(9)1-2-10(11)3-4-10/h5-6,13H,1-4,7,12H2. The second-order valence-electron chi connectivity index (χ2n) is 4.72. The molecule has 1 saturated carbocycles. The Kier molecular flexibility index (Phi) is 1.46. The quantitative estimate of drug-likeness (QED) is 0.703. The zero-order valence-electron chi connectivity index (χ0n) is 8.12. The molecule has 3 N–H and O–H groups in total. The molecule has 1 aromatic heterocycles. The minimum Gasteiger partial charge on any atom is -0.472 e. The van der Waals surface area contributed by atoms with Gasteiger partial charge in [0.25, 0.3) is 0 Å². The summed E-state index contributed by atoms with van der Waals surface area (Å²) in [6.07, 6.45) is 7.91. The number of furan rings is 1. The summed E-state index contributed by atoms with van der Waals surface area (Å²) in [5.41, 5.74) is 8.17. The third-order valence-electron chi connectivity index (χ3n) is 4.14. The molecule has 1 fully saturated rings. The minimum absolute atomic E-state index is 0.0273. The van der Waals surface area contributed by atoms with Crippen molar-refractivity contribution in [3.8, 4) is 0 Å². The molecule has 1 atom stereocenters. The van der Waals surface area contributed by atoms with Gasteiger partial charge in [-0.2, -0.15) is 0 Å².